The lowest BCUT2D eigenvalue weighted by Gasteiger charge is -2.25. The van der Waals surface area contributed by atoms with Crippen LogP contribution in [0.1, 0.15) is 46.0 Å². The van der Waals surface area contributed by atoms with Gasteiger partial charge in [-0.1, -0.05) is 26.3 Å². The number of unbranched alkanes of at least 4 members (excludes halogenated alkanes) is 2. The number of carbonyl (C=O) groups is 1. The summed E-state index contributed by atoms with van der Waals surface area (Å²) >= 11 is 0. The van der Waals surface area contributed by atoms with Crippen LogP contribution in [0.3, 0.4) is 0 Å². The van der Waals surface area contributed by atoms with Crippen molar-refractivity contribution in [1.29, 1.82) is 0 Å². The molecular weight excluding hydrogens is 272 g/mol. The van der Waals surface area contributed by atoms with E-state index in [4.69, 9.17) is 13.6 Å². The maximum absolute atomic E-state index is 11.7. The summed E-state index contributed by atoms with van der Waals surface area (Å²) in [6.45, 7) is 9.49. The van der Waals surface area contributed by atoms with Gasteiger partial charge in [-0.2, -0.15) is 0 Å². The molecule has 0 aromatic carbocycles. The van der Waals surface area contributed by atoms with Crippen LogP contribution in [0, 0.1) is 0 Å². The van der Waals surface area contributed by atoms with Crippen LogP contribution in [-0.2, 0) is 18.4 Å². The van der Waals surface area contributed by atoms with E-state index in [1.807, 2.05) is 6.55 Å². The van der Waals surface area contributed by atoms with Gasteiger partial charge in [0, 0.05) is 19.8 Å². The molecule has 0 aliphatic carbocycles. The van der Waals surface area contributed by atoms with Crippen LogP contribution in [-0.4, -0.2) is 34.9 Å². The summed E-state index contributed by atoms with van der Waals surface area (Å²) < 4.78 is 16.5. The fourth-order valence-corrected chi connectivity index (χ4v) is 3.27. The molecule has 5 heteroatoms. The lowest BCUT2D eigenvalue weighted by molar-refractivity contribution is -0.144. The summed E-state index contributed by atoms with van der Waals surface area (Å²) in [5.74, 6) is -0.301. The zero-order valence-electron chi connectivity index (χ0n) is 13.7. The third-order valence-corrected chi connectivity index (χ3v) is 6.46. The van der Waals surface area contributed by atoms with E-state index in [0.717, 1.165) is 38.1 Å². The molecule has 0 spiro atoms. The molecule has 0 radical (unpaired) electrons. The van der Waals surface area contributed by atoms with Crippen molar-refractivity contribution in [2.45, 2.75) is 64.6 Å². The molecule has 0 aromatic rings. The maximum atomic E-state index is 11.7. The number of esters is 1. The van der Waals surface area contributed by atoms with Gasteiger partial charge in [-0.25, -0.2) is 4.79 Å². The predicted octanol–water partition coefficient (Wildman–Crippen LogP) is 3.81. The van der Waals surface area contributed by atoms with Crippen molar-refractivity contribution >= 4 is 14.5 Å². The summed E-state index contributed by atoms with van der Waals surface area (Å²) in [6.07, 6.45) is 5.00. The van der Waals surface area contributed by atoms with Crippen molar-refractivity contribution in [2.75, 3.05) is 14.2 Å². The standard InChI is InChI=1S/C15H30O4Si/c1-7-8-9-10-14(19-15(16)13(2)3)11-12-20(6,17-4)18-5/h14H,2,7-12H2,1,3-6H3. The third kappa shape index (κ3) is 7.82. The quantitative estimate of drug-likeness (QED) is 0.252. The SMILES string of the molecule is C=C(C)C(=O)OC(CCCCC)CC[Si](C)(OC)OC. The number of rotatable bonds is 11. The fraction of sp³-hybridized carbons (Fsp3) is 0.800. The molecule has 0 heterocycles. The van der Waals surface area contributed by atoms with Crippen LogP contribution < -0.4 is 0 Å². The molecule has 1 atom stereocenters. The molecule has 0 aromatic heterocycles. The summed E-state index contributed by atoms with van der Waals surface area (Å²) in [6, 6.07) is 0.820. The highest BCUT2D eigenvalue weighted by Gasteiger charge is 2.30. The number of carbonyl (C=O) groups excluding carboxylic acids is 1. The molecule has 0 fully saturated rings. The molecule has 0 N–H and O–H groups in total. The van der Waals surface area contributed by atoms with Gasteiger partial charge in [-0.3, -0.25) is 0 Å². The Labute approximate surface area is 124 Å². The first-order valence-electron chi connectivity index (χ1n) is 7.35. The molecular formula is C15H30O4Si. The average Bonchev–Trinajstić information content (AvgIpc) is 2.44. The van der Waals surface area contributed by atoms with Gasteiger partial charge in [0.15, 0.2) is 0 Å². The minimum atomic E-state index is -2.10. The molecule has 118 valence electrons. The second-order valence-corrected chi connectivity index (χ2v) is 8.97. The van der Waals surface area contributed by atoms with Gasteiger partial charge in [0.05, 0.1) is 0 Å². The van der Waals surface area contributed by atoms with Crippen LogP contribution >= 0.6 is 0 Å². The smallest absolute Gasteiger partial charge is 0.334 e. The van der Waals surface area contributed by atoms with E-state index < -0.39 is 8.56 Å². The number of hydrogen-bond donors (Lipinski definition) is 0. The zero-order chi connectivity index (χ0) is 15.6. The summed E-state index contributed by atoms with van der Waals surface area (Å²) in [5, 5.41) is 0. The second kappa shape index (κ2) is 10.1. The molecule has 20 heavy (non-hydrogen) atoms. The van der Waals surface area contributed by atoms with Crippen LogP contribution in [0.15, 0.2) is 12.2 Å². The molecule has 0 aliphatic rings. The first kappa shape index (κ1) is 19.3. The monoisotopic (exact) mass is 302 g/mol. The number of ether oxygens (including phenoxy) is 1. The molecule has 4 nitrogen and oxygen atoms in total. The molecule has 0 amide bonds. The van der Waals surface area contributed by atoms with Crippen LogP contribution in [0.4, 0.5) is 0 Å². The highest BCUT2D eigenvalue weighted by atomic mass is 28.4. The van der Waals surface area contributed by atoms with E-state index >= 15 is 0 Å². The molecule has 0 bridgehead atoms. The average molecular weight is 302 g/mol. The Morgan fingerprint density at radius 1 is 1.20 bits per heavy atom. The van der Waals surface area contributed by atoms with Crippen molar-refractivity contribution in [1.82, 2.24) is 0 Å². The van der Waals surface area contributed by atoms with E-state index in [9.17, 15) is 4.79 Å². The Balaban J connectivity index is 4.44. The van der Waals surface area contributed by atoms with E-state index in [1.54, 1.807) is 21.1 Å². The highest BCUT2D eigenvalue weighted by Crippen LogP contribution is 2.20. The largest absolute Gasteiger partial charge is 0.459 e. The Hall–Kier alpha value is -0.653. The lowest BCUT2D eigenvalue weighted by atomic mass is 10.1. The van der Waals surface area contributed by atoms with Gasteiger partial charge in [0.1, 0.15) is 6.10 Å². The zero-order valence-corrected chi connectivity index (χ0v) is 14.7. The van der Waals surface area contributed by atoms with Crippen molar-refractivity contribution < 1.29 is 18.4 Å². The van der Waals surface area contributed by atoms with Gasteiger partial charge in [-0.15, -0.1) is 0 Å². The molecule has 0 saturated carbocycles. The van der Waals surface area contributed by atoms with Gasteiger partial charge in [0.25, 0.3) is 0 Å². The van der Waals surface area contributed by atoms with Crippen molar-refractivity contribution in [3.8, 4) is 0 Å². The second-order valence-electron chi connectivity index (χ2n) is 5.38. The summed E-state index contributed by atoms with van der Waals surface area (Å²) in [5.41, 5.74) is 0.448. The summed E-state index contributed by atoms with van der Waals surface area (Å²) in [7, 11) is 1.26. The Bertz CT molecular complexity index is 300. The van der Waals surface area contributed by atoms with Gasteiger partial charge in [-0.05, 0) is 38.8 Å². The van der Waals surface area contributed by atoms with E-state index in [1.165, 1.54) is 0 Å². The normalized spacial score (nSPS) is 13.1. The Morgan fingerprint density at radius 2 is 1.80 bits per heavy atom. The van der Waals surface area contributed by atoms with E-state index in [2.05, 4.69) is 13.5 Å². The van der Waals surface area contributed by atoms with Gasteiger partial charge < -0.3 is 13.6 Å². The maximum Gasteiger partial charge on any atom is 0.334 e. The Kier molecular flexibility index (Phi) is 9.80. The van der Waals surface area contributed by atoms with Crippen LogP contribution in [0.25, 0.3) is 0 Å². The minimum Gasteiger partial charge on any atom is -0.459 e. The molecule has 0 rings (SSSR count). The van der Waals surface area contributed by atoms with E-state index in [-0.39, 0.29) is 12.1 Å². The van der Waals surface area contributed by atoms with Gasteiger partial charge in [0.2, 0.25) is 0 Å². The molecule has 1 unspecified atom stereocenters. The summed E-state index contributed by atoms with van der Waals surface area (Å²) in [4.78, 5) is 11.7. The molecule has 0 aliphatic heterocycles. The predicted molar refractivity (Wildman–Crippen MR) is 83.9 cm³/mol. The third-order valence-electron chi connectivity index (χ3n) is 3.54. The fourth-order valence-electron chi connectivity index (χ4n) is 1.85. The van der Waals surface area contributed by atoms with E-state index in [0.29, 0.717) is 5.57 Å². The topological polar surface area (TPSA) is 44.8 Å². The highest BCUT2D eigenvalue weighted by molar-refractivity contribution is 6.65. The van der Waals surface area contributed by atoms with Crippen LogP contribution in [0.2, 0.25) is 12.6 Å². The van der Waals surface area contributed by atoms with Crippen molar-refractivity contribution in [3.63, 3.8) is 0 Å². The lowest BCUT2D eigenvalue weighted by Crippen LogP contribution is -2.37. The Morgan fingerprint density at radius 3 is 2.25 bits per heavy atom. The first-order valence-corrected chi connectivity index (χ1v) is 9.87. The van der Waals surface area contributed by atoms with Crippen LogP contribution in [0.5, 0.6) is 0 Å². The minimum absolute atomic E-state index is 0.0668. The van der Waals surface area contributed by atoms with Gasteiger partial charge >= 0.3 is 14.5 Å². The first-order chi connectivity index (χ1) is 9.38. The van der Waals surface area contributed by atoms with Crippen molar-refractivity contribution in [3.05, 3.63) is 12.2 Å². The number of hydrogen-bond acceptors (Lipinski definition) is 4. The molecule has 0 saturated heterocycles. The van der Waals surface area contributed by atoms with Crippen molar-refractivity contribution in [2.24, 2.45) is 0 Å².